The van der Waals surface area contributed by atoms with Crippen LogP contribution < -0.4 is 5.32 Å². The number of carbonyl (C=O) groups excluding carboxylic acids is 3. The van der Waals surface area contributed by atoms with Gasteiger partial charge in [0.2, 0.25) is 12.3 Å². The topological polar surface area (TPSA) is 75.7 Å². The molecule has 0 aromatic carbocycles. The minimum absolute atomic E-state index is 0.177. The van der Waals surface area contributed by atoms with E-state index in [1.54, 1.807) is 0 Å². The van der Waals surface area contributed by atoms with Gasteiger partial charge >= 0.3 is 5.97 Å². The van der Waals surface area contributed by atoms with E-state index in [0.29, 0.717) is 12.2 Å². The SMILES string of the molecule is COC(=O)CNC(=O)C1CSC(C)(C)N1C=O. The quantitative estimate of drug-likeness (QED) is 0.549. The van der Waals surface area contributed by atoms with E-state index >= 15 is 0 Å². The number of nitrogens with one attached hydrogen (secondary N) is 1. The van der Waals surface area contributed by atoms with Crippen LogP contribution in [0.25, 0.3) is 0 Å². The number of nitrogens with zero attached hydrogens (tertiary/aromatic N) is 1. The maximum absolute atomic E-state index is 11.8. The van der Waals surface area contributed by atoms with Crippen LogP contribution in [0.15, 0.2) is 0 Å². The Morgan fingerprint density at radius 1 is 1.59 bits per heavy atom. The Bertz CT molecular complexity index is 332. The first-order chi connectivity index (χ1) is 7.92. The Kier molecular flexibility index (Phi) is 4.39. The van der Waals surface area contributed by atoms with Crippen LogP contribution in [0, 0.1) is 0 Å². The van der Waals surface area contributed by atoms with Crippen LogP contribution >= 0.6 is 11.8 Å². The zero-order valence-corrected chi connectivity index (χ0v) is 10.9. The maximum Gasteiger partial charge on any atom is 0.325 e. The third-order valence-electron chi connectivity index (χ3n) is 2.60. The molecule has 0 spiro atoms. The lowest BCUT2D eigenvalue weighted by Crippen LogP contribution is -2.50. The number of hydrogen-bond donors (Lipinski definition) is 1. The molecule has 1 saturated heterocycles. The fraction of sp³-hybridized carbons (Fsp3) is 0.700. The fourth-order valence-corrected chi connectivity index (χ4v) is 2.76. The lowest BCUT2D eigenvalue weighted by atomic mass is 10.2. The Balaban J connectivity index is 2.58. The summed E-state index contributed by atoms with van der Waals surface area (Å²) in [7, 11) is 1.25. The zero-order valence-electron chi connectivity index (χ0n) is 10.1. The minimum atomic E-state index is -0.530. The Morgan fingerprint density at radius 2 is 2.24 bits per heavy atom. The number of thioether (sulfide) groups is 1. The van der Waals surface area contributed by atoms with Crippen molar-refractivity contribution in [3.8, 4) is 0 Å². The minimum Gasteiger partial charge on any atom is -0.468 e. The number of esters is 1. The molecule has 6 nitrogen and oxygen atoms in total. The van der Waals surface area contributed by atoms with Crippen LogP contribution in [-0.4, -0.2) is 53.5 Å². The molecule has 1 unspecified atom stereocenters. The Labute approximate surface area is 104 Å². The van der Waals surface area contributed by atoms with Crippen LogP contribution in [0.5, 0.6) is 0 Å². The van der Waals surface area contributed by atoms with Crippen molar-refractivity contribution >= 4 is 30.0 Å². The molecule has 0 saturated carbocycles. The molecule has 7 heteroatoms. The van der Waals surface area contributed by atoms with E-state index < -0.39 is 16.9 Å². The van der Waals surface area contributed by atoms with Gasteiger partial charge in [0.15, 0.2) is 0 Å². The zero-order chi connectivity index (χ0) is 13.1. The van der Waals surface area contributed by atoms with Crippen molar-refractivity contribution in [1.82, 2.24) is 10.2 Å². The molecular formula is C10H16N2O4S. The van der Waals surface area contributed by atoms with Crippen molar-refractivity contribution < 1.29 is 19.1 Å². The molecule has 0 aliphatic carbocycles. The second-order valence-corrected chi connectivity index (χ2v) is 5.70. The Hall–Kier alpha value is -1.24. The van der Waals surface area contributed by atoms with E-state index in [-0.39, 0.29) is 12.5 Å². The lowest BCUT2D eigenvalue weighted by molar-refractivity contribution is -0.142. The highest BCUT2D eigenvalue weighted by molar-refractivity contribution is 8.00. The van der Waals surface area contributed by atoms with Crippen molar-refractivity contribution in [3.05, 3.63) is 0 Å². The number of carbonyl (C=O) groups is 3. The van der Waals surface area contributed by atoms with Gasteiger partial charge in [-0.05, 0) is 13.8 Å². The summed E-state index contributed by atoms with van der Waals surface area (Å²) in [4.78, 5) is 34.7. The normalized spacial score (nSPS) is 22.1. The van der Waals surface area contributed by atoms with E-state index in [0.717, 1.165) is 0 Å². The summed E-state index contributed by atoms with van der Waals surface area (Å²) < 4.78 is 4.42. The molecule has 1 aliphatic heterocycles. The van der Waals surface area contributed by atoms with E-state index in [1.165, 1.54) is 23.8 Å². The average molecular weight is 260 g/mol. The first-order valence-corrected chi connectivity index (χ1v) is 6.13. The molecular weight excluding hydrogens is 244 g/mol. The molecule has 0 aromatic heterocycles. The predicted molar refractivity (Wildman–Crippen MR) is 63.3 cm³/mol. The molecule has 2 amide bonds. The third-order valence-corrected chi connectivity index (χ3v) is 4.00. The van der Waals surface area contributed by atoms with Gasteiger partial charge in [-0.2, -0.15) is 0 Å². The second kappa shape index (κ2) is 5.39. The van der Waals surface area contributed by atoms with E-state index in [1.807, 2.05) is 13.8 Å². The second-order valence-electron chi connectivity index (χ2n) is 4.08. The standard InChI is InChI=1S/C10H16N2O4S/c1-10(2)12(6-13)7(5-17-10)9(15)11-4-8(14)16-3/h6-7H,4-5H2,1-3H3,(H,11,15). The molecule has 0 bridgehead atoms. The highest BCUT2D eigenvalue weighted by Gasteiger charge is 2.42. The highest BCUT2D eigenvalue weighted by Crippen LogP contribution is 2.37. The van der Waals surface area contributed by atoms with Gasteiger partial charge in [-0.1, -0.05) is 0 Å². The number of ether oxygens (including phenoxy) is 1. The summed E-state index contributed by atoms with van der Waals surface area (Å²) in [5.41, 5.74) is 0. The number of methoxy groups -OCH3 is 1. The molecule has 1 atom stereocenters. The van der Waals surface area contributed by atoms with Gasteiger partial charge in [0, 0.05) is 5.75 Å². The summed E-state index contributed by atoms with van der Waals surface area (Å²) in [5, 5.41) is 2.45. The molecule has 1 heterocycles. The van der Waals surface area contributed by atoms with Gasteiger partial charge in [-0.15, -0.1) is 11.8 Å². The Morgan fingerprint density at radius 3 is 2.76 bits per heavy atom. The van der Waals surface area contributed by atoms with Crippen LogP contribution in [0.1, 0.15) is 13.8 Å². The maximum atomic E-state index is 11.8. The predicted octanol–water partition coefficient (Wildman–Crippen LogP) is -0.414. The molecule has 1 fully saturated rings. The van der Waals surface area contributed by atoms with E-state index in [2.05, 4.69) is 10.1 Å². The van der Waals surface area contributed by atoms with Gasteiger partial charge in [0.05, 0.1) is 12.0 Å². The molecule has 0 aromatic rings. The van der Waals surface area contributed by atoms with Gasteiger partial charge in [0.1, 0.15) is 12.6 Å². The van der Waals surface area contributed by atoms with Crippen molar-refractivity contribution in [2.75, 3.05) is 19.4 Å². The molecule has 17 heavy (non-hydrogen) atoms. The van der Waals surface area contributed by atoms with E-state index in [9.17, 15) is 14.4 Å². The summed E-state index contributed by atoms with van der Waals surface area (Å²) in [6, 6.07) is -0.530. The summed E-state index contributed by atoms with van der Waals surface area (Å²) in [6.07, 6.45) is 0.669. The van der Waals surface area contributed by atoms with Gasteiger partial charge < -0.3 is 15.0 Å². The third kappa shape index (κ3) is 3.12. The molecule has 1 rings (SSSR count). The van der Waals surface area contributed by atoms with Crippen LogP contribution in [0.2, 0.25) is 0 Å². The fourth-order valence-electron chi connectivity index (χ4n) is 1.56. The first kappa shape index (κ1) is 13.8. The number of hydrogen-bond acceptors (Lipinski definition) is 5. The molecule has 96 valence electrons. The van der Waals surface area contributed by atoms with Crippen molar-refractivity contribution in [1.29, 1.82) is 0 Å². The van der Waals surface area contributed by atoms with Gasteiger partial charge in [0.25, 0.3) is 0 Å². The monoisotopic (exact) mass is 260 g/mol. The summed E-state index contributed by atoms with van der Waals surface area (Å²) >= 11 is 1.53. The number of rotatable bonds is 4. The molecule has 1 N–H and O–H groups in total. The smallest absolute Gasteiger partial charge is 0.325 e. The van der Waals surface area contributed by atoms with Crippen LogP contribution in [0.4, 0.5) is 0 Å². The van der Waals surface area contributed by atoms with Crippen LogP contribution in [0.3, 0.4) is 0 Å². The number of amides is 2. The average Bonchev–Trinajstić information content (AvgIpc) is 2.60. The van der Waals surface area contributed by atoms with Gasteiger partial charge in [-0.3, -0.25) is 14.4 Å². The van der Waals surface area contributed by atoms with Crippen LogP contribution in [-0.2, 0) is 19.1 Å². The largest absolute Gasteiger partial charge is 0.468 e. The first-order valence-electron chi connectivity index (χ1n) is 5.14. The lowest BCUT2D eigenvalue weighted by Gasteiger charge is -2.30. The van der Waals surface area contributed by atoms with Gasteiger partial charge in [-0.25, -0.2) is 0 Å². The van der Waals surface area contributed by atoms with Crippen molar-refractivity contribution in [2.45, 2.75) is 24.8 Å². The summed E-state index contributed by atoms with van der Waals surface area (Å²) in [6.45, 7) is 3.57. The molecule has 0 radical (unpaired) electrons. The van der Waals surface area contributed by atoms with E-state index in [4.69, 9.17) is 0 Å². The van der Waals surface area contributed by atoms with Crippen molar-refractivity contribution in [2.24, 2.45) is 0 Å². The summed E-state index contributed by atoms with van der Waals surface area (Å²) in [5.74, 6) is -0.319. The van der Waals surface area contributed by atoms with Crippen molar-refractivity contribution in [3.63, 3.8) is 0 Å². The highest BCUT2D eigenvalue weighted by atomic mass is 32.2. The molecule has 1 aliphatic rings.